The molecule has 2 fully saturated rings. The van der Waals surface area contributed by atoms with Crippen molar-refractivity contribution in [2.24, 2.45) is 5.92 Å². The lowest BCUT2D eigenvalue weighted by atomic mass is 9.98. The third kappa shape index (κ3) is 4.39. The number of nitrogens with one attached hydrogen (secondary N) is 1. The second-order valence-corrected chi connectivity index (χ2v) is 11.4. The normalized spacial score (nSPS) is 26.5. The molecule has 3 rings (SSSR count). The van der Waals surface area contributed by atoms with Crippen molar-refractivity contribution >= 4 is 37.4 Å². The molecule has 2 heterocycles. The number of carbonyl (C=O) groups is 1. The highest BCUT2D eigenvalue weighted by atomic mass is 35.5. The fourth-order valence-corrected chi connectivity index (χ4v) is 6.68. The van der Waals surface area contributed by atoms with Crippen molar-refractivity contribution in [1.29, 1.82) is 0 Å². The summed E-state index contributed by atoms with van der Waals surface area (Å²) in [4.78, 5) is 12.6. The molecule has 2 saturated heterocycles. The van der Waals surface area contributed by atoms with E-state index in [0.29, 0.717) is 30.8 Å². The Morgan fingerprint density at radius 2 is 1.88 bits per heavy atom. The van der Waals surface area contributed by atoms with Crippen LogP contribution in [0.4, 0.5) is 0 Å². The summed E-state index contributed by atoms with van der Waals surface area (Å²) in [5.41, 5.74) is 0. The fourth-order valence-electron chi connectivity index (χ4n) is 3.36. The Hall–Kier alpha value is -1.16. The lowest BCUT2D eigenvalue weighted by molar-refractivity contribution is -0.126. The van der Waals surface area contributed by atoms with Gasteiger partial charge in [-0.2, -0.15) is 4.31 Å². The van der Waals surface area contributed by atoms with Crippen LogP contribution in [0, 0.1) is 5.92 Å². The lowest BCUT2D eigenvalue weighted by Gasteiger charge is -2.31. The van der Waals surface area contributed by atoms with Crippen LogP contribution in [-0.2, 0) is 24.7 Å². The van der Waals surface area contributed by atoms with Gasteiger partial charge in [-0.1, -0.05) is 11.6 Å². The molecule has 2 aliphatic rings. The topological polar surface area (TPSA) is 101 Å². The smallest absolute Gasteiger partial charge is 0.243 e. The minimum atomic E-state index is -3.69. The van der Waals surface area contributed by atoms with E-state index in [1.165, 1.54) is 28.6 Å². The van der Waals surface area contributed by atoms with Crippen LogP contribution in [0.1, 0.15) is 19.3 Å². The Bertz CT molecular complexity index is 884. The van der Waals surface area contributed by atoms with Crippen molar-refractivity contribution in [3.05, 3.63) is 29.3 Å². The molecule has 2 aliphatic heterocycles. The van der Waals surface area contributed by atoms with Crippen LogP contribution in [0.15, 0.2) is 29.2 Å². The molecule has 0 spiro atoms. The number of halogens is 1. The molecule has 7 nitrogen and oxygen atoms in total. The van der Waals surface area contributed by atoms with E-state index in [1.54, 1.807) is 0 Å². The second-order valence-electron chi connectivity index (χ2n) is 6.76. The number of piperidine rings is 1. The number of hydrogen-bond donors (Lipinski definition) is 1. The highest BCUT2D eigenvalue weighted by molar-refractivity contribution is 7.91. The summed E-state index contributed by atoms with van der Waals surface area (Å²) in [6.07, 6.45) is 1.57. The molecule has 1 aromatic carbocycles. The maximum atomic E-state index is 12.8. The number of benzene rings is 1. The molecular formula is C16H21ClN2O5S2. The maximum absolute atomic E-state index is 12.8. The van der Waals surface area contributed by atoms with Crippen LogP contribution in [-0.4, -0.2) is 57.7 Å². The Balaban J connectivity index is 1.67. The van der Waals surface area contributed by atoms with Crippen LogP contribution in [0.3, 0.4) is 0 Å². The van der Waals surface area contributed by atoms with Gasteiger partial charge < -0.3 is 5.32 Å². The van der Waals surface area contributed by atoms with Crippen LogP contribution >= 0.6 is 11.6 Å². The minimum Gasteiger partial charge on any atom is -0.352 e. The van der Waals surface area contributed by atoms with Gasteiger partial charge in [-0.05, 0) is 43.5 Å². The van der Waals surface area contributed by atoms with Gasteiger partial charge in [-0.15, -0.1) is 0 Å². The summed E-state index contributed by atoms with van der Waals surface area (Å²) in [7, 11) is -6.77. The van der Waals surface area contributed by atoms with Crippen molar-refractivity contribution in [1.82, 2.24) is 9.62 Å². The van der Waals surface area contributed by atoms with Gasteiger partial charge in [-0.25, -0.2) is 16.8 Å². The molecule has 2 atom stereocenters. The van der Waals surface area contributed by atoms with Gasteiger partial charge in [0, 0.05) is 24.2 Å². The molecule has 144 valence electrons. The molecular weight excluding hydrogens is 400 g/mol. The van der Waals surface area contributed by atoms with E-state index in [2.05, 4.69) is 5.32 Å². The van der Waals surface area contributed by atoms with Crippen LogP contribution in [0.25, 0.3) is 0 Å². The van der Waals surface area contributed by atoms with Crippen molar-refractivity contribution in [3.8, 4) is 0 Å². The third-order valence-corrected chi connectivity index (χ3v) is 8.68. The van der Waals surface area contributed by atoms with Gasteiger partial charge in [0.25, 0.3) is 0 Å². The molecule has 0 bridgehead atoms. The van der Waals surface area contributed by atoms with E-state index < -0.39 is 25.8 Å². The average Bonchev–Trinajstić information content (AvgIpc) is 2.94. The summed E-state index contributed by atoms with van der Waals surface area (Å²) in [5, 5.41) is 3.22. The molecule has 0 radical (unpaired) electrons. The number of sulfonamides is 1. The summed E-state index contributed by atoms with van der Waals surface area (Å²) in [6, 6.07) is 5.55. The predicted molar refractivity (Wildman–Crippen MR) is 98.1 cm³/mol. The zero-order valence-electron chi connectivity index (χ0n) is 14.1. The zero-order chi connectivity index (χ0) is 18.9. The predicted octanol–water partition coefficient (Wildman–Crippen LogP) is 1.04. The Kier molecular flexibility index (Phi) is 5.62. The summed E-state index contributed by atoms with van der Waals surface area (Å²) >= 11 is 5.81. The Morgan fingerprint density at radius 3 is 2.50 bits per heavy atom. The summed E-state index contributed by atoms with van der Waals surface area (Å²) < 4.78 is 49.9. The highest BCUT2D eigenvalue weighted by Crippen LogP contribution is 2.25. The second kappa shape index (κ2) is 7.46. The van der Waals surface area contributed by atoms with Gasteiger partial charge in [0.05, 0.1) is 22.3 Å². The molecule has 1 aromatic rings. The van der Waals surface area contributed by atoms with E-state index in [-0.39, 0.29) is 34.9 Å². The molecule has 1 N–H and O–H groups in total. The Labute approximate surface area is 158 Å². The SMILES string of the molecule is O=C(N[C@@H]1CCS(=O)(=O)C1)[C@H]1CCCN(S(=O)(=O)c2ccc(Cl)cc2)C1. The molecule has 0 unspecified atom stereocenters. The van der Waals surface area contributed by atoms with Gasteiger partial charge in [0.1, 0.15) is 0 Å². The standard InChI is InChI=1S/C16H21ClN2O5S2/c17-13-3-5-15(6-4-13)26(23,24)19-8-1-2-12(10-19)16(20)18-14-7-9-25(21,22)11-14/h3-6,12,14H,1-2,7-11H2,(H,18,20)/t12-,14+/m0/s1. The summed E-state index contributed by atoms with van der Waals surface area (Å²) in [6.45, 7) is 0.447. The molecule has 0 aromatic heterocycles. The zero-order valence-corrected chi connectivity index (χ0v) is 16.5. The summed E-state index contributed by atoms with van der Waals surface area (Å²) in [5.74, 6) is -0.713. The number of amides is 1. The monoisotopic (exact) mass is 420 g/mol. The van der Waals surface area contributed by atoms with E-state index >= 15 is 0 Å². The van der Waals surface area contributed by atoms with Crippen molar-refractivity contribution in [2.45, 2.75) is 30.2 Å². The number of rotatable bonds is 4. The first-order valence-electron chi connectivity index (χ1n) is 8.44. The van der Waals surface area contributed by atoms with Crippen molar-refractivity contribution < 1.29 is 21.6 Å². The first-order chi connectivity index (χ1) is 12.2. The average molecular weight is 421 g/mol. The quantitative estimate of drug-likeness (QED) is 0.784. The van der Waals surface area contributed by atoms with E-state index in [4.69, 9.17) is 11.6 Å². The highest BCUT2D eigenvalue weighted by Gasteiger charge is 2.35. The van der Waals surface area contributed by atoms with Gasteiger partial charge in [0.2, 0.25) is 15.9 Å². The number of nitrogens with zero attached hydrogens (tertiary/aromatic N) is 1. The van der Waals surface area contributed by atoms with Crippen molar-refractivity contribution in [3.63, 3.8) is 0 Å². The van der Waals surface area contributed by atoms with E-state index in [0.717, 1.165) is 0 Å². The molecule has 1 amide bonds. The first kappa shape index (κ1) is 19.6. The molecule has 0 saturated carbocycles. The van der Waals surface area contributed by atoms with Crippen LogP contribution in [0.2, 0.25) is 5.02 Å². The van der Waals surface area contributed by atoms with Crippen LogP contribution < -0.4 is 5.32 Å². The van der Waals surface area contributed by atoms with Crippen molar-refractivity contribution in [2.75, 3.05) is 24.6 Å². The lowest BCUT2D eigenvalue weighted by Crippen LogP contribution is -2.47. The fraction of sp³-hybridized carbons (Fsp3) is 0.562. The van der Waals surface area contributed by atoms with E-state index in [1.807, 2.05) is 0 Å². The largest absolute Gasteiger partial charge is 0.352 e. The number of hydrogen-bond acceptors (Lipinski definition) is 5. The third-order valence-electron chi connectivity index (χ3n) is 4.79. The van der Waals surface area contributed by atoms with Gasteiger partial charge in [-0.3, -0.25) is 4.79 Å². The van der Waals surface area contributed by atoms with Crippen LogP contribution in [0.5, 0.6) is 0 Å². The molecule has 10 heteroatoms. The minimum absolute atomic E-state index is 0.0434. The van der Waals surface area contributed by atoms with Gasteiger partial charge >= 0.3 is 0 Å². The Morgan fingerprint density at radius 1 is 1.19 bits per heavy atom. The number of carbonyl (C=O) groups excluding carboxylic acids is 1. The molecule has 26 heavy (non-hydrogen) atoms. The number of sulfone groups is 1. The first-order valence-corrected chi connectivity index (χ1v) is 12.1. The molecule has 0 aliphatic carbocycles. The van der Waals surface area contributed by atoms with Gasteiger partial charge in [0.15, 0.2) is 9.84 Å². The van der Waals surface area contributed by atoms with E-state index in [9.17, 15) is 21.6 Å². The maximum Gasteiger partial charge on any atom is 0.243 e.